The van der Waals surface area contributed by atoms with Crippen molar-refractivity contribution in [3.8, 4) is 11.5 Å². The minimum absolute atomic E-state index is 0.0248. The van der Waals surface area contributed by atoms with Gasteiger partial charge in [0.25, 0.3) is 0 Å². The number of rotatable bonds is 7. The van der Waals surface area contributed by atoms with Crippen LogP contribution >= 0.6 is 0 Å². The van der Waals surface area contributed by atoms with Gasteiger partial charge in [0.2, 0.25) is 0 Å². The van der Waals surface area contributed by atoms with Crippen molar-refractivity contribution in [2.75, 3.05) is 27.4 Å². The van der Waals surface area contributed by atoms with E-state index >= 15 is 0 Å². The van der Waals surface area contributed by atoms with Crippen molar-refractivity contribution in [2.45, 2.75) is 6.61 Å². The summed E-state index contributed by atoms with van der Waals surface area (Å²) in [4.78, 5) is 11.2. The second kappa shape index (κ2) is 6.88. The van der Waals surface area contributed by atoms with Crippen LogP contribution in [0.15, 0.2) is 18.2 Å². The molecule has 94 valence electrons. The highest BCUT2D eigenvalue weighted by atomic mass is 16.5. The Morgan fingerprint density at radius 2 is 2.00 bits per heavy atom. The lowest BCUT2D eigenvalue weighted by molar-refractivity contribution is -0.124. The Labute approximate surface area is 99.9 Å². The number of ether oxygens (including phenoxy) is 3. The van der Waals surface area contributed by atoms with E-state index in [0.717, 1.165) is 5.56 Å². The van der Waals surface area contributed by atoms with Crippen molar-refractivity contribution < 1.29 is 24.1 Å². The maximum Gasteiger partial charge on any atom is 0.195 e. The third-order valence-electron chi connectivity index (χ3n) is 2.10. The second-order valence-electron chi connectivity index (χ2n) is 3.40. The molecule has 0 spiro atoms. The van der Waals surface area contributed by atoms with E-state index in [9.17, 15) is 4.79 Å². The lowest BCUT2D eigenvalue weighted by Gasteiger charge is -2.10. The highest BCUT2D eigenvalue weighted by Crippen LogP contribution is 2.27. The highest BCUT2D eigenvalue weighted by molar-refractivity contribution is 5.81. The van der Waals surface area contributed by atoms with Crippen LogP contribution in [-0.2, 0) is 16.1 Å². The first-order valence-corrected chi connectivity index (χ1v) is 5.12. The zero-order valence-electron chi connectivity index (χ0n) is 9.93. The molecular formula is C12H16O5. The predicted octanol–water partition coefficient (Wildman–Crippen LogP) is 0.782. The first kappa shape index (κ1) is 13.5. The molecule has 1 rings (SSSR count). The topological polar surface area (TPSA) is 65.0 Å². The van der Waals surface area contributed by atoms with Crippen LogP contribution in [-0.4, -0.2) is 38.3 Å². The molecular weight excluding hydrogens is 224 g/mol. The Balaban J connectivity index is 2.67. The van der Waals surface area contributed by atoms with Crippen molar-refractivity contribution in [1.29, 1.82) is 0 Å². The van der Waals surface area contributed by atoms with Gasteiger partial charge in [-0.3, -0.25) is 4.79 Å². The average Bonchev–Trinajstić information content (AvgIpc) is 2.36. The van der Waals surface area contributed by atoms with Crippen LogP contribution in [0.2, 0.25) is 0 Å². The molecule has 5 nitrogen and oxygen atoms in total. The Morgan fingerprint density at radius 3 is 2.59 bits per heavy atom. The summed E-state index contributed by atoms with van der Waals surface area (Å²) in [5.74, 6) is 0.803. The number of Topliss-reactive ketones (excluding diaryl/α,β-unsaturated/α-hetero) is 1. The molecule has 1 N–H and O–H groups in total. The first-order chi connectivity index (χ1) is 8.21. The Kier molecular flexibility index (Phi) is 5.45. The Hall–Kier alpha value is -1.59. The van der Waals surface area contributed by atoms with E-state index in [2.05, 4.69) is 0 Å². The molecule has 1 aromatic carbocycles. The van der Waals surface area contributed by atoms with Crippen LogP contribution in [0.25, 0.3) is 0 Å². The quantitative estimate of drug-likeness (QED) is 0.763. The van der Waals surface area contributed by atoms with Gasteiger partial charge in [-0.1, -0.05) is 6.07 Å². The maximum absolute atomic E-state index is 11.2. The van der Waals surface area contributed by atoms with Gasteiger partial charge in [0.15, 0.2) is 17.3 Å². The highest BCUT2D eigenvalue weighted by Gasteiger charge is 2.08. The van der Waals surface area contributed by atoms with Crippen LogP contribution in [0.4, 0.5) is 0 Å². The van der Waals surface area contributed by atoms with Crippen LogP contribution in [0, 0.1) is 0 Å². The summed E-state index contributed by atoms with van der Waals surface area (Å²) in [5, 5.41) is 8.97. The van der Waals surface area contributed by atoms with Crippen molar-refractivity contribution >= 4 is 5.78 Å². The molecule has 0 aliphatic carbocycles. The fraction of sp³-hybridized carbons (Fsp3) is 0.417. The molecule has 0 fully saturated rings. The molecule has 0 bridgehead atoms. The maximum atomic E-state index is 11.2. The molecule has 0 saturated carbocycles. The van der Waals surface area contributed by atoms with Crippen LogP contribution in [0.5, 0.6) is 11.5 Å². The van der Waals surface area contributed by atoms with Crippen molar-refractivity contribution in [3.63, 3.8) is 0 Å². The van der Waals surface area contributed by atoms with E-state index in [1.165, 1.54) is 14.2 Å². The summed E-state index contributed by atoms with van der Waals surface area (Å²) in [6.07, 6.45) is 0. The van der Waals surface area contributed by atoms with Crippen LogP contribution in [0.1, 0.15) is 5.56 Å². The first-order valence-electron chi connectivity index (χ1n) is 5.12. The van der Waals surface area contributed by atoms with Gasteiger partial charge in [0, 0.05) is 7.11 Å². The summed E-state index contributed by atoms with van der Waals surface area (Å²) in [6, 6.07) is 5.03. The smallest absolute Gasteiger partial charge is 0.195 e. The molecule has 0 radical (unpaired) electrons. The van der Waals surface area contributed by atoms with Crippen LogP contribution < -0.4 is 9.47 Å². The zero-order valence-corrected chi connectivity index (χ0v) is 9.93. The van der Waals surface area contributed by atoms with Crippen molar-refractivity contribution in [1.82, 2.24) is 0 Å². The number of methoxy groups -OCH3 is 2. The van der Waals surface area contributed by atoms with Crippen LogP contribution in [0.3, 0.4) is 0 Å². The minimum atomic E-state index is -0.152. The van der Waals surface area contributed by atoms with E-state index < -0.39 is 0 Å². The van der Waals surface area contributed by atoms with Gasteiger partial charge in [-0.15, -0.1) is 0 Å². The molecule has 0 amide bonds. The molecule has 1 aromatic rings. The number of benzene rings is 1. The average molecular weight is 240 g/mol. The Morgan fingerprint density at radius 1 is 1.24 bits per heavy atom. The summed E-state index contributed by atoms with van der Waals surface area (Å²) in [5.41, 5.74) is 0.720. The van der Waals surface area contributed by atoms with Gasteiger partial charge in [0.1, 0.15) is 13.2 Å². The van der Waals surface area contributed by atoms with E-state index in [1.807, 2.05) is 0 Å². The van der Waals surface area contributed by atoms with Gasteiger partial charge >= 0.3 is 0 Å². The molecule has 0 atom stereocenters. The SMILES string of the molecule is COCC(=O)COc1ccc(CO)cc1OC. The van der Waals surface area contributed by atoms with Gasteiger partial charge in [-0.25, -0.2) is 0 Å². The van der Waals surface area contributed by atoms with E-state index in [-0.39, 0.29) is 25.6 Å². The Bertz CT molecular complexity index is 375. The summed E-state index contributed by atoms with van der Waals surface area (Å²) >= 11 is 0. The molecule has 0 unspecified atom stereocenters. The van der Waals surface area contributed by atoms with E-state index in [4.69, 9.17) is 19.3 Å². The molecule has 0 aromatic heterocycles. The normalized spacial score (nSPS) is 10.1. The monoisotopic (exact) mass is 240 g/mol. The number of carbonyl (C=O) groups is 1. The zero-order chi connectivity index (χ0) is 12.7. The lowest BCUT2D eigenvalue weighted by Crippen LogP contribution is -2.16. The van der Waals surface area contributed by atoms with E-state index in [1.54, 1.807) is 18.2 Å². The largest absolute Gasteiger partial charge is 0.493 e. The van der Waals surface area contributed by atoms with Crippen molar-refractivity contribution in [2.24, 2.45) is 0 Å². The molecule has 0 aliphatic heterocycles. The predicted molar refractivity (Wildman–Crippen MR) is 61.3 cm³/mol. The number of hydrogen-bond acceptors (Lipinski definition) is 5. The van der Waals surface area contributed by atoms with Gasteiger partial charge < -0.3 is 19.3 Å². The molecule has 5 heteroatoms. The van der Waals surface area contributed by atoms with Gasteiger partial charge in [-0.05, 0) is 17.7 Å². The second-order valence-corrected chi connectivity index (χ2v) is 3.40. The standard InChI is InChI=1S/C12H16O5/c1-15-7-10(14)8-17-11-4-3-9(6-13)5-12(11)16-2/h3-5,13H,6-8H2,1-2H3. The fourth-order valence-corrected chi connectivity index (χ4v) is 1.29. The summed E-state index contributed by atoms with van der Waals surface area (Å²) in [6.45, 7) is -0.112. The third kappa shape index (κ3) is 4.05. The summed E-state index contributed by atoms with van der Waals surface area (Å²) < 4.78 is 15.1. The molecule has 0 saturated heterocycles. The van der Waals surface area contributed by atoms with Gasteiger partial charge in [-0.2, -0.15) is 0 Å². The molecule has 0 aliphatic rings. The molecule has 17 heavy (non-hydrogen) atoms. The van der Waals surface area contributed by atoms with E-state index in [0.29, 0.717) is 11.5 Å². The number of carbonyl (C=O) groups excluding carboxylic acids is 1. The number of aliphatic hydroxyl groups excluding tert-OH is 1. The van der Waals surface area contributed by atoms with Crippen molar-refractivity contribution in [3.05, 3.63) is 23.8 Å². The minimum Gasteiger partial charge on any atom is -0.493 e. The fourth-order valence-electron chi connectivity index (χ4n) is 1.29. The lowest BCUT2D eigenvalue weighted by atomic mass is 10.2. The molecule has 0 heterocycles. The number of ketones is 1. The number of hydrogen-bond donors (Lipinski definition) is 1. The number of aliphatic hydroxyl groups is 1. The third-order valence-corrected chi connectivity index (χ3v) is 2.10. The van der Waals surface area contributed by atoms with Gasteiger partial charge in [0.05, 0.1) is 13.7 Å². The summed E-state index contributed by atoms with van der Waals surface area (Å²) in [7, 11) is 2.95.